The average molecular weight is 295 g/mol. The Morgan fingerprint density at radius 3 is 1.45 bits per heavy atom. The van der Waals surface area contributed by atoms with E-state index in [0.717, 1.165) is 0 Å². The van der Waals surface area contributed by atoms with Crippen LogP contribution in [0.3, 0.4) is 0 Å². The molecule has 1 N–H and O–H groups in total. The predicted octanol–water partition coefficient (Wildman–Crippen LogP) is 0.129. The smallest absolute Gasteiger partial charge is 0.291 e. The fourth-order valence-electron chi connectivity index (χ4n) is 0.253. The largest absolute Gasteiger partial charge is 0.328 e. The molecule has 1 aromatic heterocycles. The Morgan fingerprint density at radius 1 is 1.18 bits per heavy atom. The van der Waals surface area contributed by atoms with Gasteiger partial charge in [-0.2, -0.15) is 0 Å². The summed E-state index contributed by atoms with van der Waals surface area (Å²) < 4.78 is 0. The van der Waals surface area contributed by atoms with Crippen LogP contribution in [0.25, 0.3) is 0 Å². The van der Waals surface area contributed by atoms with Gasteiger partial charge in [-0.1, -0.05) is 0 Å². The van der Waals surface area contributed by atoms with E-state index in [-0.39, 0.29) is 49.4 Å². The van der Waals surface area contributed by atoms with Crippen molar-refractivity contribution in [2.75, 3.05) is 0 Å². The molecule has 0 saturated heterocycles. The monoisotopic (exact) mass is 296 g/mol. The first-order chi connectivity index (χ1) is 4.73. The van der Waals surface area contributed by atoms with E-state index < -0.39 is 5.09 Å². The quantitative estimate of drug-likeness (QED) is 0.543. The van der Waals surface area contributed by atoms with Gasteiger partial charge in [0.25, 0.3) is 5.09 Å². The van der Waals surface area contributed by atoms with Gasteiger partial charge in [-0.25, -0.2) is 0 Å². The van der Waals surface area contributed by atoms with Crippen LogP contribution in [0.2, 0.25) is 0 Å². The van der Waals surface area contributed by atoms with Crippen LogP contribution in [0.5, 0.6) is 0 Å². The maximum atomic E-state index is 8.36. The predicted molar refractivity (Wildman–Crippen MR) is 30.8 cm³/mol. The van der Waals surface area contributed by atoms with Crippen molar-refractivity contribution in [3.63, 3.8) is 0 Å². The third kappa shape index (κ3) is 17.7. The molecule has 0 aliphatic heterocycles. The van der Waals surface area contributed by atoms with Gasteiger partial charge in [-0.3, -0.25) is 9.97 Å². The molecule has 0 spiro atoms. The molecule has 0 aliphatic rings. The van der Waals surface area contributed by atoms with Gasteiger partial charge in [-0.15, -0.1) is 10.1 Å². The van der Waals surface area contributed by atoms with Crippen LogP contribution in [-0.2, 0) is 0 Å². The van der Waals surface area contributed by atoms with Crippen LogP contribution >= 0.6 is 0 Å². The van der Waals surface area contributed by atoms with Crippen molar-refractivity contribution < 1.29 is 59.7 Å². The molecule has 1 radical (unpaired) electrons. The Labute approximate surface area is 103 Å². The summed E-state index contributed by atoms with van der Waals surface area (Å²) >= 11 is 0. The van der Waals surface area contributed by atoms with E-state index in [2.05, 4.69) is 9.97 Å². The van der Waals surface area contributed by atoms with Crippen molar-refractivity contribution in [2.24, 2.45) is 0 Å². The molecule has 7 heteroatoms. The zero-order valence-corrected chi connectivity index (χ0v) is 7.72. The summed E-state index contributed by atoms with van der Waals surface area (Å²) in [6.07, 6.45) is 6.56. The van der Waals surface area contributed by atoms with Crippen molar-refractivity contribution >= 4 is 0 Å². The summed E-state index contributed by atoms with van der Waals surface area (Å²) in [4.78, 5) is 15.8. The summed E-state index contributed by atoms with van der Waals surface area (Å²) in [7, 11) is 0. The molecule has 0 amide bonds. The molecule has 0 fully saturated rings. The van der Waals surface area contributed by atoms with Crippen LogP contribution in [0, 0.1) is 59.5 Å². The van der Waals surface area contributed by atoms with E-state index in [4.69, 9.17) is 15.3 Å². The van der Waals surface area contributed by atoms with Crippen molar-refractivity contribution in [3.8, 4) is 0 Å². The zero-order valence-electron chi connectivity index (χ0n) is 5.29. The van der Waals surface area contributed by atoms with Crippen LogP contribution < -0.4 is 0 Å². The van der Waals surface area contributed by atoms with E-state index in [1.165, 1.54) is 0 Å². The number of hydrogen-bond acceptors (Lipinski definition) is 4. The Hall–Kier alpha value is -0.136. The van der Waals surface area contributed by atoms with E-state index in [1.807, 2.05) is 0 Å². The topological polar surface area (TPSA) is 89.2 Å². The summed E-state index contributed by atoms with van der Waals surface area (Å²) in [5.74, 6) is 0. The first-order valence-electron chi connectivity index (χ1n) is 2.26. The van der Waals surface area contributed by atoms with Gasteiger partial charge >= 0.3 is 0 Å². The van der Waals surface area contributed by atoms with E-state index >= 15 is 0 Å². The van der Waals surface area contributed by atoms with Gasteiger partial charge in [-0.05, 0) is 0 Å². The van der Waals surface area contributed by atoms with Crippen LogP contribution in [0.4, 0.5) is 0 Å². The van der Waals surface area contributed by atoms with Crippen molar-refractivity contribution in [1.82, 2.24) is 9.97 Å². The number of rotatable bonds is 0. The standard InChI is InChI=1S/C4H4N2.Eu.HNO3/c1-2-6-4-3-5-1;;2-1(3)4/h1-4H;;(H,2,3,4). The van der Waals surface area contributed by atoms with Gasteiger partial charge in [0.1, 0.15) is 0 Å². The number of nitrogens with zero attached hydrogens (tertiary/aromatic N) is 3. The fraction of sp³-hybridized carbons (Fsp3) is 0. The Bertz CT molecular complexity index is 152. The van der Waals surface area contributed by atoms with Crippen LogP contribution in [-0.4, -0.2) is 20.3 Å². The third-order valence-electron chi connectivity index (χ3n) is 0.478. The van der Waals surface area contributed by atoms with Crippen molar-refractivity contribution in [2.45, 2.75) is 0 Å². The van der Waals surface area contributed by atoms with E-state index in [9.17, 15) is 0 Å². The van der Waals surface area contributed by atoms with Crippen molar-refractivity contribution in [1.29, 1.82) is 0 Å². The summed E-state index contributed by atoms with van der Waals surface area (Å²) in [5, 5.41) is 13.6. The molecule has 61 valence electrons. The minimum absolute atomic E-state index is 0. The molecule has 0 saturated carbocycles. The molecule has 0 aromatic carbocycles. The number of aromatic nitrogens is 2. The number of hydrogen-bond donors (Lipinski definition) is 1. The van der Waals surface area contributed by atoms with Gasteiger partial charge in [0.15, 0.2) is 0 Å². The molecule has 6 nitrogen and oxygen atoms in total. The molecular formula is C4H5EuN3O3. The minimum atomic E-state index is -1.50. The molecular weight excluding hydrogens is 290 g/mol. The second-order valence-electron chi connectivity index (χ2n) is 1.13. The molecule has 1 aromatic rings. The van der Waals surface area contributed by atoms with Gasteiger partial charge in [0, 0.05) is 74.2 Å². The molecule has 0 atom stereocenters. The Morgan fingerprint density at radius 2 is 1.36 bits per heavy atom. The van der Waals surface area contributed by atoms with Gasteiger partial charge in [0.2, 0.25) is 0 Å². The van der Waals surface area contributed by atoms with E-state index in [0.29, 0.717) is 0 Å². The van der Waals surface area contributed by atoms with Gasteiger partial charge < -0.3 is 5.21 Å². The SMILES string of the molecule is O=[N+]([O-])O.[Eu].c1cnccn1. The maximum Gasteiger partial charge on any atom is 0.291 e. The average Bonchev–Trinajstić information content (AvgIpc) is 1.90. The van der Waals surface area contributed by atoms with Gasteiger partial charge in [0.05, 0.1) is 0 Å². The second-order valence-corrected chi connectivity index (χ2v) is 1.13. The summed E-state index contributed by atoms with van der Waals surface area (Å²) in [6.45, 7) is 0. The molecule has 11 heavy (non-hydrogen) atoms. The zero-order chi connectivity index (χ0) is 7.82. The van der Waals surface area contributed by atoms with Crippen LogP contribution in [0.15, 0.2) is 24.8 Å². The Kier molecular flexibility index (Phi) is 12.1. The molecule has 1 rings (SSSR count). The first-order valence-corrected chi connectivity index (χ1v) is 2.26. The third-order valence-corrected chi connectivity index (χ3v) is 0.478. The molecule has 1 heterocycles. The first kappa shape index (κ1) is 13.5. The van der Waals surface area contributed by atoms with Crippen molar-refractivity contribution in [3.05, 3.63) is 34.9 Å². The minimum Gasteiger partial charge on any atom is -0.328 e. The maximum absolute atomic E-state index is 8.36. The summed E-state index contributed by atoms with van der Waals surface area (Å²) in [6, 6.07) is 0. The normalized spacial score (nSPS) is 6.55. The fourth-order valence-corrected chi connectivity index (χ4v) is 0.253. The molecule has 0 aliphatic carbocycles. The molecule has 0 unspecified atom stereocenters. The Balaban J connectivity index is 0. The summed E-state index contributed by atoms with van der Waals surface area (Å²) in [5.41, 5.74) is 0. The van der Waals surface area contributed by atoms with E-state index in [1.54, 1.807) is 24.8 Å². The molecule has 0 bridgehead atoms. The second kappa shape index (κ2) is 9.86. The van der Waals surface area contributed by atoms with Crippen LogP contribution in [0.1, 0.15) is 0 Å².